The zero-order valence-electron chi connectivity index (χ0n) is 13.3. The lowest BCUT2D eigenvalue weighted by Gasteiger charge is -2.06. The SMILES string of the molecule is CC(/C=N\NC1=NCCCCN1)=N\NC1=NCCCCN1.I.I. The van der Waals surface area contributed by atoms with E-state index in [0.717, 1.165) is 69.5 Å². The molecule has 132 valence electrons. The van der Waals surface area contributed by atoms with E-state index >= 15 is 0 Å². The second kappa shape index (κ2) is 13.7. The van der Waals surface area contributed by atoms with Crippen LogP contribution < -0.4 is 21.5 Å². The minimum atomic E-state index is 0. The molecule has 0 aromatic rings. The number of nitrogens with zero attached hydrogens (tertiary/aromatic N) is 4. The molecule has 0 aromatic heterocycles. The molecule has 0 aromatic carbocycles. The molecule has 2 rings (SSSR count). The Morgan fingerprint density at radius 3 is 2.13 bits per heavy atom. The third-order valence-electron chi connectivity index (χ3n) is 3.05. The zero-order chi connectivity index (χ0) is 14.8. The van der Waals surface area contributed by atoms with Crippen LogP contribution in [0.1, 0.15) is 32.6 Å². The van der Waals surface area contributed by atoms with Crippen molar-refractivity contribution in [1.29, 1.82) is 0 Å². The molecule has 4 N–H and O–H groups in total. The van der Waals surface area contributed by atoms with Gasteiger partial charge in [0.25, 0.3) is 0 Å². The van der Waals surface area contributed by atoms with Gasteiger partial charge in [-0.05, 0) is 32.6 Å². The first-order valence-corrected chi connectivity index (χ1v) is 7.50. The second-order valence-electron chi connectivity index (χ2n) is 4.96. The highest BCUT2D eigenvalue weighted by Crippen LogP contribution is 1.93. The molecule has 0 saturated carbocycles. The second-order valence-corrected chi connectivity index (χ2v) is 4.96. The molecule has 0 unspecified atom stereocenters. The van der Waals surface area contributed by atoms with Crippen LogP contribution in [0.15, 0.2) is 20.2 Å². The molecule has 8 nitrogen and oxygen atoms in total. The van der Waals surface area contributed by atoms with E-state index in [9.17, 15) is 0 Å². The summed E-state index contributed by atoms with van der Waals surface area (Å²) in [6, 6.07) is 0. The largest absolute Gasteiger partial charge is 0.355 e. The number of hydrazone groups is 2. The lowest BCUT2D eigenvalue weighted by Crippen LogP contribution is -2.35. The lowest BCUT2D eigenvalue weighted by atomic mass is 10.3. The third-order valence-corrected chi connectivity index (χ3v) is 3.05. The van der Waals surface area contributed by atoms with Crippen molar-refractivity contribution in [3.05, 3.63) is 0 Å². The first kappa shape index (κ1) is 22.3. The molecule has 0 atom stereocenters. The summed E-state index contributed by atoms with van der Waals surface area (Å²) in [5.74, 6) is 1.45. The van der Waals surface area contributed by atoms with E-state index in [1.54, 1.807) is 6.21 Å². The molecule has 23 heavy (non-hydrogen) atoms. The van der Waals surface area contributed by atoms with Gasteiger partial charge < -0.3 is 10.6 Å². The average Bonchev–Trinajstić information content (AvgIpc) is 2.90. The molecule has 0 radical (unpaired) electrons. The van der Waals surface area contributed by atoms with Gasteiger partial charge >= 0.3 is 0 Å². The molecule has 0 aliphatic carbocycles. The molecular formula is C13H26I2N8. The van der Waals surface area contributed by atoms with E-state index in [1.165, 1.54) is 0 Å². The van der Waals surface area contributed by atoms with E-state index in [1.807, 2.05) is 6.92 Å². The fourth-order valence-corrected chi connectivity index (χ4v) is 1.89. The summed E-state index contributed by atoms with van der Waals surface area (Å²) >= 11 is 0. The maximum absolute atomic E-state index is 4.36. The Morgan fingerprint density at radius 1 is 0.957 bits per heavy atom. The van der Waals surface area contributed by atoms with Gasteiger partial charge in [0.1, 0.15) is 0 Å². The summed E-state index contributed by atoms with van der Waals surface area (Å²) in [4.78, 5) is 8.70. The minimum Gasteiger partial charge on any atom is -0.355 e. The van der Waals surface area contributed by atoms with Crippen molar-refractivity contribution in [1.82, 2.24) is 21.5 Å². The summed E-state index contributed by atoms with van der Waals surface area (Å²) < 4.78 is 0. The predicted molar refractivity (Wildman–Crippen MR) is 118 cm³/mol. The van der Waals surface area contributed by atoms with Crippen molar-refractivity contribution in [3.63, 3.8) is 0 Å². The highest BCUT2D eigenvalue weighted by Gasteiger charge is 2.02. The first-order chi connectivity index (χ1) is 10.3. The first-order valence-electron chi connectivity index (χ1n) is 7.50. The summed E-state index contributed by atoms with van der Waals surface area (Å²) in [5, 5.41) is 14.7. The monoisotopic (exact) mass is 548 g/mol. The number of aliphatic imine (C=N–C) groups is 2. The van der Waals surface area contributed by atoms with Crippen molar-refractivity contribution in [2.24, 2.45) is 20.2 Å². The number of guanidine groups is 2. The van der Waals surface area contributed by atoms with E-state index < -0.39 is 0 Å². The van der Waals surface area contributed by atoms with Gasteiger partial charge in [-0.3, -0.25) is 9.98 Å². The van der Waals surface area contributed by atoms with Crippen molar-refractivity contribution in [2.75, 3.05) is 26.2 Å². The number of halogens is 2. The van der Waals surface area contributed by atoms with Gasteiger partial charge in [-0.2, -0.15) is 10.2 Å². The Hall–Kier alpha value is -0.660. The maximum Gasteiger partial charge on any atom is 0.212 e. The summed E-state index contributed by atoms with van der Waals surface area (Å²) in [7, 11) is 0. The van der Waals surface area contributed by atoms with Crippen molar-refractivity contribution >= 4 is 71.8 Å². The van der Waals surface area contributed by atoms with Gasteiger partial charge in [0.15, 0.2) is 0 Å². The van der Waals surface area contributed by atoms with Crippen LogP contribution in [0.5, 0.6) is 0 Å². The van der Waals surface area contributed by atoms with Crippen LogP contribution in [0.3, 0.4) is 0 Å². The Balaban J connectivity index is 0.00000242. The fourth-order valence-electron chi connectivity index (χ4n) is 1.89. The van der Waals surface area contributed by atoms with E-state index in [0.29, 0.717) is 0 Å². The number of hydrogen-bond acceptors (Lipinski definition) is 8. The van der Waals surface area contributed by atoms with Crippen LogP contribution in [-0.4, -0.2) is 50.0 Å². The topological polar surface area (TPSA) is 97.6 Å². The van der Waals surface area contributed by atoms with Crippen LogP contribution in [0.4, 0.5) is 0 Å². The van der Waals surface area contributed by atoms with Crippen LogP contribution in [-0.2, 0) is 0 Å². The highest BCUT2D eigenvalue weighted by molar-refractivity contribution is 14.0. The van der Waals surface area contributed by atoms with Crippen LogP contribution >= 0.6 is 48.0 Å². The maximum atomic E-state index is 4.36. The van der Waals surface area contributed by atoms with Gasteiger partial charge in [-0.1, -0.05) is 0 Å². The quantitative estimate of drug-likeness (QED) is 0.243. The molecule has 2 heterocycles. The molecule has 2 aliphatic rings. The van der Waals surface area contributed by atoms with Crippen molar-refractivity contribution < 1.29 is 0 Å². The van der Waals surface area contributed by atoms with Gasteiger partial charge in [0.05, 0.1) is 11.9 Å². The fraction of sp³-hybridized carbons (Fsp3) is 0.692. The molecule has 0 saturated heterocycles. The third kappa shape index (κ3) is 9.94. The van der Waals surface area contributed by atoms with Gasteiger partial charge in [0, 0.05) is 26.2 Å². The van der Waals surface area contributed by atoms with E-state index in [4.69, 9.17) is 0 Å². The molecule has 0 spiro atoms. The summed E-state index contributed by atoms with van der Waals surface area (Å²) in [6.45, 7) is 5.41. The van der Waals surface area contributed by atoms with Crippen molar-refractivity contribution in [2.45, 2.75) is 32.6 Å². The van der Waals surface area contributed by atoms with Gasteiger partial charge in [-0.25, -0.2) is 10.9 Å². The minimum absolute atomic E-state index is 0. The van der Waals surface area contributed by atoms with Gasteiger partial charge in [-0.15, -0.1) is 48.0 Å². The van der Waals surface area contributed by atoms with Crippen LogP contribution in [0.25, 0.3) is 0 Å². The Labute approximate surface area is 171 Å². The average molecular weight is 548 g/mol. The van der Waals surface area contributed by atoms with E-state index in [2.05, 4.69) is 41.7 Å². The zero-order valence-corrected chi connectivity index (χ0v) is 18.0. The smallest absolute Gasteiger partial charge is 0.212 e. The molecule has 0 fully saturated rings. The van der Waals surface area contributed by atoms with Gasteiger partial charge in [0.2, 0.25) is 11.9 Å². The summed E-state index contributed by atoms with van der Waals surface area (Å²) in [6.07, 6.45) is 6.15. The van der Waals surface area contributed by atoms with Crippen LogP contribution in [0, 0.1) is 0 Å². The molecule has 0 amide bonds. The van der Waals surface area contributed by atoms with E-state index in [-0.39, 0.29) is 48.0 Å². The molecular weight excluding hydrogens is 522 g/mol. The van der Waals surface area contributed by atoms with Crippen LogP contribution in [0.2, 0.25) is 0 Å². The predicted octanol–water partition coefficient (Wildman–Crippen LogP) is 1.24. The summed E-state index contributed by atoms with van der Waals surface area (Å²) in [5.41, 5.74) is 6.57. The standard InChI is InChI=1S/C13H24N8.2HI/c1-11(19-21-13-16-8-4-5-9-17-13)10-18-20-12-14-6-2-3-7-15-12;;/h10H,2-9H2,1H3,(H2,14,15,20)(H2,16,17,21);2*1H/b18-10-,19-11+;;. The molecule has 10 heteroatoms. The molecule has 2 aliphatic heterocycles. The van der Waals surface area contributed by atoms with Crippen molar-refractivity contribution in [3.8, 4) is 0 Å². The Bertz CT molecular complexity index is 447. The number of hydrogen-bond donors (Lipinski definition) is 4. The normalized spacial score (nSPS) is 18.7. The Kier molecular flexibility index (Phi) is 13.4. The highest BCUT2D eigenvalue weighted by atomic mass is 127. The number of nitrogens with one attached hydrogen (secondary N) is 4. The lowest BCUT2D eigenvalue weighted by molar-refractivity contribution is 0.744. The molecule has 0 bridgehead atoms. The number of rotatable bonds is 3. The Morgan fingerprint density at radius 2 is 1.52 bits per heavy atom.